The summed E-state index contributed by atoms with van der Waals surface area (Å²) in [5.74, 6) is -0.192. The number of alkyl halides is 3. The molecule has 1 unspecified atom stereocenters. The number of carbonyl (C=O) groups excluding carboxylic acids is 1. The smallest absolute Gasteiger partial charge is 0.342 e. The fourth-order valence-corrected chi connectivity index (χ4v) is 2.36. The number of piperidine rings is 1. The molecule has 0 radical (unpaired) electrons. The highest BCUT2D eigenvalue weighted by Crippen LogP contribution is 2.27. The second-order valence-electron chi connectivity index (χ2n) is 4.77. The molecule has 1 aromatic rings. The van der Waals surface area contributed by atoms with Gasteiger partial charge in [0.15, 0.2) is 0 Å². The van der Waals surface area contributed by atoms with Gasteiger partial charge in [-0.05, 0) is 12.8 Å². The van der Waals surface area contributed by atoms with Crippen LogP contribution in [0.15, 0.2) is 6.33 Å². The van der Waals surface area contributed by atoms with Crippen LogP contribution in [0.4, 0.5) is 13.2 Å². The Labute approximate surface area is 108 Å². The number of aryl methyl sites for hydroxylation is 1. The summed E-state index contributed by atoms with van der Waals surface area (Å²) in [5, 5.41) is 7.72. The van der Waals surface area contributed by atoms with E-state index in [1.54, 1.807) is 17.9 Å². The Balaban J connectivity index is 2.01. The second kappa shape index (κ2) is 5.18. The molecule has 1 aliphatic heterocycles. The fraction of sp³-hybridized carbons (Fsp3) is 0.727. The van der Waals surface area contributed by atoms with E-state index < -0.39 is 18.5 Å². The molecule has 0 aliphatic carbocycles. The lowest BCUT2D eigenvalue weighted by atomic mass is 9.97. The Kier molecular flexibility index (Phi) is 3.77. The summed E-state index contributed by atoms with van der Waals surface area (Å²) < 4.78 is 38.4. The summed E-state index contributed by atoms with van der Waals surface area (Å²) in [6.45, 7) is 0.657. The monoisotopic (exact) mass is 276 g/mol. The molecule has 1 fully saturated rings. The van der Waals surface area contributed by atoms with Crippen LogP contribution >= 0.6 is 0 Å². The van der Waals surface area contributed by atoms with Gasteiger partial charge in [0.25, 0.3) is 0 Å². The predicted octanol–water partition coefficient (Wildman–Crippen LogP) is 1.47. The molecule has 19 heavy (non-hydrogen) atoms. The Morgan fingerprint density at radius 3 is 2.84 bits per heavy atom. The molecule has 1 atom stereocenters. The Morgan fingerprint density at radius 2 is 2.26 bits per heavy atom. The van der Waals surface area contributed by atoms with E-state index >= 15 is 0 Å². The summed E-state index contributed by atoms with van der Waals surface area (Å²) in [4.78, 5) is 12.9. The highest BCUT2D eigenvalue weighted by Gasteiger charge is 2.35. The number of halogens is 3. The van der Waals surface area contributed by atoms with E-state index in [9.17, 15) is 18.0 Å². The molecule has 0 aromatic carbocycles. The predicted molar refractivity (Wildman–Crippen MR) is 60.2 cm³/mol. The van der Waals surface area contributed by atoms with E-state index in [2.05, 4.69) is 10.2 Å². The second-order valence-corrected chi connectivity index (χ2v) is 4.77. The molecule has 5 nitrogen and oxygen atoms in total. The van der Waals surface area contributed by atoms with Gasteiger partial charge in [-0.3, -0.25) is 4.79 Å². The molecule has 2 rings (SSSR count). The van der Waals surface area contributed by atoms with Crippen molar-refractivity contribution in [3.63, 3.8) is 0 Å². The number of hydrogen-bond acceptors (Lipinski definition) is 3. The van der Waals surface area contributed by atoms with Crippen LogP contribution in [0.25, 0.3) is 0 Å². The van der Waals surface area contributed by atoms with E-state index in [1.165, 1.54) is 4.90 Å². The minimum atomic E-state index is -4.45. The van der Waals surface area contributed by atoms with E-state index in [-0.39, 0.29) is 12.5 Å². The van der Waals surface area contributed by atoms with Gasteiger partial charge in [0.05, 0.1) is 0 Å². The molecule has 2 heterocycles. The van der Waals surface area contributed by atoms with Crippen LogP contribution in [0, 0.1) is 0 Å². The van der Waals surface area contributed by atoms with Gasteiger partial charge >= 0.3 is 6.18 Å². The van der Waals surface area contributed by atoms with Crippen LogP contribution in [0.3, 0.4) is 0 Å². The first kappa shape index (κ1) is 13.8. The van der Waals surface area contributed by atoms with Crippen molar-refractivity contribution in [2.24, 2.45) is 7.05 Å². The summed E-state index contributed by atoms with van der Waals surface area (Å²) in [6, 6.07) is 0. The van der Waals surface area contributed by atoms with Crippen molar-refractivity contribution in [3.8, 4) is 0 Å². The molecule has 1 amide bonds. The summed E-state index contributed by atoms with van der Waals surface area (Å²) in [7, 11) is 1.78. The molecule has 0 saturated carbocycles. The lowest BCUT2D eigenvalue weighted by Crippen LogP contribution is -2.41. The van der Waals surface area contributed by atoms with Gasteiger partial charge < -0.3 is 9.47 Å². The van der Waals surface area contributed by atoms with Gasteiger partial charge in [0.2, 0.25) is 5.91 Å². The zero-order valence-corrected chi connectivity index (χ0v) is 10.5. The molecule has 0 N–H and O–H groups in total. The summed E-state index contributed by atoms with van der Waals surface area (Å²) in [6.07, 6.45) is -2.80. The third kappa shape index (κ3) is 3.45. The molecule has 8 heteroatoms. The summed E-state index contributed by atoms with van der Waals surface area (Å²) >= 11 is 0. The van der Waals surface area contributed by atoms with Crippen molar-refractivity contribution in [3.05, 3.63) is 12.2 Å². The topological polar surface area (TPSA) is 51.0 Å². The van der Waals surface area contributed by atoms with Crippen molar-refractivity contribution in [2.75, 3.05) is 13.1 Å². The zero-order valence-electron chi connectivity index (χ0n) is 10.5. The highest BCUT2D eigenvalue weighted by atomic mass is 19.4. The van der Waals surface area contributed by atoms with Crippen molar-refractivity contribution in [1.82, 2.24) is 19.7 Å². The number of nitrogens with zero attached hydrogens (tertiary/aromatic N) is 4. The Morgan fingerprint density at radius 1 is 1.53 bits per heavy atom. The lowest BCUT2D eigenvalue weighted by Gasteiger charge is -2.32. The van der Waals surface area contributed by atoms with Gasteiger partial charge in [-0.1, -0.05) is 0 Å². The molecule has 106 valence electrons. The highest BCUT2D eigenvalue weighted by molar-refractivity contribution is 5.77. The number of carbonyl (C=O) groups is 1. The van der Waals surface area contributed by atoms with E-state index in [0.29, 0.717) is 18.8 Å². The summed E-state index contributed by atoms with van der Waals surface area (Å²) in [5.41, 5.74) is 0. The third-order valence-corrected chi connectivity index (χ3v) is 3.24. The van der Waals surface area contributed by atoms with Gasteiger partial charge in [0.1, 0.15) is 18.6 Å². The largest absolute Gasteiger partial charge is 0.397 e. The first-order valence-electron chi connectivity index (χ1n) is 6.05. The lowest BCUT2D eigenvalue weighted by molar-refractivity contribution is -0.162. The Bertz CT molecular complexity index is 457. The average molecular weight is 276 g/mol. The minimum absolute atomic E-state index is 0.0431. The normalized spacial score (nSPS) is 20.6. The maximum atomic E-state index is 12.2. The standard InChI is InChI=1S/C11H15F3N4O/c1-17-7-15-16-10(17)8-3-2-4-18(6-8)9(19)5-11(12,13)14/h7-8H,2-6H2,1H3. The van der Waals surface area contributed by atoms with Crippen molar-refractivity contribution < 1.29 is 18.0 Å². The average Bonchev–Trinajstić information content (AvgIpc) is 2.73. The molecule has 1 aliphatic rings. The number of aromatic nitrogens is 3. The molecule has 0 bridgehead atoms. The van der Waals surface area contributed by atoms with E-state index in [1.807, 2.05) is 0 Å². The molecular formula is C11H15F3N4O. The minimum Gasteiger partial charge on any atom is -0.342 e. The van der Waals surface area contributed by atoms with E-state index in [0.717, 1.165) is 6.42 Å². The molecule has 1 aromatic heterocycles. The number of amides is 1. The van der Waals surface area contributed by atoms with Gasteiger partial charge in [-0.2, -0.15) is 13.2 Å². The molecule has 1 saturated heterocycles. The third-order valence-electron chi connectivity index (χ3n) is 3.24. The van der Waals surface area contributed by atoms with Crippen LogP contribution < -0.4 is 0 Å². The SMILES string of the molecule is Cn1cnnc1C1CCCN(C(=O)CC(F)(F)F)C1. The maximum absolute atomic E-state index is 12.2. The van der Waals surface area contributed by atoms with Gasteiger partial charge in [-0.15, -0.1) is 10.2 Å². The quantitative estimate of drug-likeness (QED) is 0.822. The van der Waals surface area contributed by atoms with Crippen LogP contribution in [-0.4, -0.2) is 44.8 Å². The van der Waals surface area contributed by atoms with Crippen LogP contribution in [-0.2, 0) is 11.8 Å². The number of likely N-dealkylation sites (tertiary alicyclic amines) is 1. The van der Waals surface area contributed by atoms with Crippen LogP contribution in [0.2, 0.25) is 0 Å². The zero-order chi connectivity index (χ0) is 14.0. The number of rotatable bonds is 2. The van der Waals surface area contributed by atoms with Crippen LogP contribution in [0.5, 0.6) is 0 Å². The van der Waals surface area contributed by atoms with E-state index in [4.69, 9.17) is 0 Å². The first-order valence-corrected chi connectivity index (χ1v) is 6.05. The van der Waals surface area contributed by atoms with Crippen LogP contribution in [0.1, 0.15) is 31.0 Å². The van der Waals surface area contributed by atoms with Crippen molar-refractivity contribution in [2.45, 2.75) is 31.4 Å². The fourth-order valence-electron chi connectivity index (χ4n) is 2.36. The van der Waals surface area contributed by atoms with Gasteiger partial charge in [-0.25, -0.2) is 0 Å². The molecular weight excluding hydrogens is 261 g/mol. The van der Waals surface area contributed by atoms with Crippen molar-refractivity contribution in [1.29, 1.82) is 0 Å². The van der Waals surface area contributed by atoms with Gasteiger partial charge in [0, 0.05) is 26.1 Å². The molecule has 0 spiro atoms. The van der Waals surface area contributed by atoms with Crippen molar-refractivity contribution >= 4 is 5.91 Å². The Hall–Kier alpha value is -1.60. The first-order chi connectivity index (χ1) is 8.87. The maximum Gasteiger partial charge on any atom is 0.397 e. The number of hydrogen-bond donors (Lipinski definition) is 0.